The van der Waals surface area contributed by atoms with Crippen LogP contribution < -0.4 is 15.4 Å². The Bertz CT molecular complexity index is 1270. The monoisotopic (exact) mass is 555 g/mol. The second-order valence-corrected chi connectivity index (χ2v) is 13.1. The molecule has 1 aliphatic rings. The first kappa shape index (κ1) is 26.1. The van der Waals surface area contributed by atoms with Crippen molar-refractivity contribution in [1.82, 2.24) is 15.4 Å². The molecular weight excluding hydrogens is 530 g/mol. The van der Waals surface area contributed by atoms with Gasteiger partial charge in [-0.15, -0.1) is 22.7 Å². The summed E-state index contributed by atoms with van der Waals surface area (Å²) in [5.74, 6) is -1.07. The van der Waals surface area contributed by atoms with Gasteiger partial charge in [-0.05, 0) is 81.1 Å². The molecule has 2 aromatic heterocycles. The average molecular weight is 556 g/mol. The number of carboxylic acid groups (broad SMARTS) is 1. The standard InChI is InChI=1S/C23H26ClN3O5S3/c24-16-2-5-18(6-3-16)35(31,32)27-19(22(29)30)13-26-21(28)20-12-15-11-17(33-23(15)34-20)4-1-14-7-9-25-10-8-14/h2-3,5-6,11-12,14,19,25,27H,1,4,7-10,13H2,(H,26,28)(H,29,30)/t19-/m0/s1. The Kier molecular flexibility index (Phi) is 8.46. The Labute approximate surface area is 216 Å². The molecule has 3 aromatic rings. The van der Waals surface area contributed by atoms with Crippen molar-refractivity contribution in [2.45, 2.75) is 36.6 Å². The van der Waals surface area contributed by atoms with E-state index in [0.717, 1.165) is 34.8 Å². The molecule has 8 nitrogen and oxygen atoms in total. The highest BCUT2D eigenvalue weighted by Gasteiger charge is 2.26. The van der Waals surface area contributed by atoms with E-state index >= 15 is 0 Å². The predicted octanol–water partition coefficient (Wildman–Crippen LogP) is 3.71. The summed E-state index contributed by atoms with van der Waals surface area (Å²) in [5, 5.41) is 16.8. The minimum absolute atomic E-state index is 0.117. The number of hydrogen-bond donors (Lipinski definition) is 4. The molecule has 0 radical (unpaired) electrons. The number of rotatable bonds is 10. The first-order valence-corrected chi connectivity index (χ1v) is 14.7. The third-order valence-corrected chi connectivity index (χ3v) is 10.1. The van der Waals surface area contributed by atoms with E-state index < -0.39 is 34.5 Å². The SMILES string of the molecule is O=C(NC[C@H](NS(=O)(=O)c1ccc(Cl)cc1)C(=O)O)c1cc2cc(CCC3CCNCC3)sc2s1. The quantitative estimate of drug-likeness (QED) is 0.302. The summed E-state index contributed by atoms with van der Waals surface area (Å²) < 4.78 is 28.2. The van der Waals surface area contributed by atoms with E-state index in [1.807, 2.05) is 0 Å². The van der Waals surface area contributed by atoms with Crippen LogP contribution in [0.15, 0.2) is 41.3 Å². The van der Waals surface area contributed by atoms with Gasteiger partial charge in [-0.25, -0.2) is 8.42 Å². The Balaban J connectivity index is 1.34. The maximum Gasteiger partial charge on any atom is 0.323 e. The number of aliphatic carboxylic acids is 1. The fourth-order valence-electron chi connectivity index (χ4n) is 3.97. The Morgan fingerprint density at radius 2 is 1.86 bits per heavy atom. The topological polar surface area (TPSA) is 125 Å². The van der Waals surface area contributed by atoms with E-state index in [4.69, 9.17) is 11.6 Å². The smallest absolute Gasteiger partial charge is 0.323 e. The third kappa shape index (κ3) is 6.81. The van der Waals surface area contributed by atoms with Crippen molar-refractivity contribution in [2.24, 2.45) is 5.92 Å². The van der Waals surface area contributed by atoms with Crippen molar-refractivity contribution in [3.05, 3.63) is 51.2 Å². The van der Waals surface area contributed by atoms with E-state index in [-0.39, 0.29) is 4.90 Å². The van der Waals surface area contributed by atoms with Crippen molar-refractivity contribution >= 4 is 65.6 Å². The summed E-state index contributed by atoms with van der Waals surface area (Å²) >= 11 is 8.83. The molecule has 1 atom stereocenters. The molecule has 1 saturated heterocycles. The molecule has 35 heavy (non-hydrogen) atoms. The molecule has 0 unspecified atom stereocenters. The molecule has 188 valence electrons. The molecule has 0 spiro atoms. The van der Waals surface area contributed by atoms with Gasteiger partial charge in [0.2, 0.25) is 10.0 Å². The summed E-state index contributed by atoms with van der Waals surface area (Å²) in [6, 6.07) is 7.75. The van der Waals surface area contributed by atoms with Crippen LogP contribution in [0.2, 0.25) is 5.02 Å². The highest BCUT2D eigenvalue weighted by molar-refractivity contribution is 7.89. The predicted molar refractivity (Wildman–Crippen MR) is 139 cm³/mol. The summed E-state index contributed by atoms with van der Waals surface area (Å²) in [7, 11) is -4.10. The first-order valence-electron chi connectivity index (χ1n) is 11.2. The number of aryl methyl sites for hydroxylation is 1. The van der Waals surface area contributed by atoms with Crippen LogP contribution in [0, 0.1) is 5.92 Å². The van der Waals surface area contributed by atoms with E-state index in [0.29, 0.717) is 9.90 Å². The van der Waals surface area contributed by atoms with Crippen molar-refractivity contribution in [3.8, 4) is 0 Å². The van der Waals surface area contributed by atoms with Crippen LogP contribution in [0.1, 0.15) is 33.8 Å². The largest absolute Gasteiger partial charge is 0.480 e. The van der Waals surface area contributed by atoms with E-state index in [9.17, 15) is 23.1 Å². The molecule has 0 bridgehead atoms. The van der Waals surface area contributed by atoms with Gasteiger partial charge < -0.3 is 15.7 Å². The molecule has 1 amide bonds. The van der Waals surface area contributed by atoms with Gasteiger partial charge in [-0.2, -0.15) is 4.72 Å². The van der Waals surface area contributed by atoms with E-state index in [2.05, 4.69) is 21.4 Å². The maximum absolute atomic E-state index is 12.6. The number of piperidine rings is 1. The number of carbonyl (C=O) groups is 2. The Morgan fingerprint density at radius 3 is 2.51 bits per heavy atom. The molecule has 4 rings (SSSR count). The van der Waals surface area contributed by atoms with Crippen LogP contribution in [0.5, 0.6) is 0 Å². The van der Waals surface area contributed by atoms with Crippen molar-refractivity contribution in [2.75, 3.05) is 19.6 Å². The van der Waals surface area contributed by atoms with Crippen LogP contribution >= 0.6 is 34.3 Å². The van der Waals surface area contributed by atoms with Gasteiger partial charge in [-0.1, -0.05) is 11.6 Å². The number of nitrogens with one attached hydrogen (secondary N) is 3. The van der Waals surface area contributed by atoms with Crippen molar-refractivity contribution in [3.63, 3.8) is 0 Å². The Hall–Kier alpha value is -2.02. The van der Waals surface area contributed by atoms with E-state index in [1.165, 1.54) is 59.7 Å². The molecular formula is C23H26ClN3O5S3. The number of hydrogen-bond acceptors (Lipinski definition) is 7. The highest BCUT2D eigenvalue weighted by Crippen LogP contribution is 2.35. The van der Waals surface area contributed by atoms with Crippen molar-refractivity contribution in [1.29, 1.82) is 0 Å². The van der Waals surface area contributed by atoms with Gasteiger partial charge in [0.05, 0.1) is 13.8 Å². The second kappa shape index (κ2) is 11.4. The summed E-state index contributed by atoms with van der Waals surface area (Å²) in [5.41, 5.74) is 0. The molecule has 1 fully saturated rings. The third-order valence-electron chi connectivity index (χ3n) is 5.93. The molecule has 0 saturated carbocycles. The van der Waals surface area contributed by atoms with Gasteiger partial charge in [0.15, 0.2) is 0 Å². The van der Waals surface area contributed by atoms with Crippen LogP contribution in [0.25, 0.3) is 9.40 Å². The number of thiophene rings is 2. The zero-order valence-corrected chi connectivity index (χ0v) is 22.0. The number of amides is 1. The van der Waals surface area contributed by atoms with Gasteiger partial charge in [0.25, 0.3) is 5.91 Å². The summed E-state index contributed by atoms with van der Waals surface area (Å²) in [6.45, 7) is 1.79. The molecule has 12 heteroatoms. The lowest BCUT2D eigenvalue weighted by Gasteiger charge is -2.22. The van der Waals surface area contributed by atoms with E-state index in [1.54, 1.807) is 17.4 Å². The van der Waals surface area contributed by atoms with Crippen LogP contribution in [-0.2, 0) is 21.2 Å². The minimum Gasteiger partial charge on any atom is -0.480 e. The molecule has 1 aromatic carbocycles. The van der Waals surface area contributed by atoms with Gasteiger partial charge >= 0.3 is 5.97 Å². The zero-order valence-electron chi connectivity index (χ0n) is 18.8. The lowest BCUT2D eigenvalue weighted by atomic mass is 9.93. The summed E-state index contributed by atoms with van der Waals surface area (Å²) in [6.07, 6.45) is 4.64. The zero-order chi connectivity index (χ0) is 25.0. The average Bonchev–Trinajstić information content (AvgIpc) is 3.40. The normalized spacial score (nSPS) is 15.8. The van der Waals surface area contributed by atoms with Crippen LogP contribution in [0.3, 0.4) is 0 Å². The number of fused-ring (bicyclic) bond motifs is 1. The number of halogens is 1. The molecule has 1 aliphatic heterocycles. The molecule has 4 N–H and O–H groups in total. The van der Waals surface area contributed by atoms with Crippen LogP contribution in [0.4, 0.5) is 0 Å². The number of carbonyl (C=O) groups excluding carboxylic acids is 1. The lowest BCUT2D eigenvalue weighted by molar-refractivity contribution is -0.138. The fraction of sp³-hybridized carbons (Fsp3) is 0.391. The van der Waals surface area contributed by atoms with Gasteiger partial charge in [-0.3, -0.25) is 9.59 Å². The van der Waals surface area contributed by atoms with Crippen molar-refractivity contribution < 1.29 is 23.1 Å². The second-order valence-electron chi connectivity index (χ2n) is 8.47. The number of sulfonamides is 1. The lowest BCUT2D eigenvalue weighted by Crippen LogP contribution is -2.48. The van der Waals surface area contributed by atoms with Gasteiger partial charge in [0, 0.05) is 21.8 Å². The highest BCUT2D eigenvalue weighted by atomic mass is 35.5. The Morgan fingerprint density at radius 1 is 1.14 bits per heavy atom. The maximum atomic E-state index is 12.6. The summed E-state index contributed by atoms with van der Waals surface area (Å²) in [4.78, 5) is 25.9. The number of carboxylic acids is 1. The fourth-order valence-corrected chi connectivity index (χ4v) is 7.71. The molecule has 0 aliphatic carbocycles. The number of benzene rings is 1. The molecule has 3 heterocycles. The minimum atomic E-state index is -4.10. The first-order chi connectivity index (χ1) is 16.7. The van der Waals surface area contributed by atoms with Crippen LogP contribution in [-0.4, -0.2) is 51.1 Å². The van der Waals surface area contributed by atoms with Gasteiger partial charge in [0.1, 0.15) is 6.04 Å².